The molecule has 1 saturated heterocycles. The van der Waals surface area contributed by atoms with E-state index in [0.717, 1.165) is 19.4 Å². The van der Waals surface area contributed by atoms with Gasteiger partial charge < -0.3 is 4.90 Å². The summed E-state index contributed by atoms with van der Waals surface area (Å²) in [6, 6.07) is 9.70. The maximum Gasteiger partial charge on any atom is 0.0661 e. The van der Waals surface area contributed by atoms with Gasteiger partial charge in [-0.15, -0.1) is 0 Å². The number of rotatable bonds is 1. The quantitative estimate of drug-likeness (QED) is 0.774. The average Bonchev–Trinajstić information content (AvgIpc) is 2.92. The standard InChI is InChI=1S/C21H26N2/c1-4-20(3)15(12-22)11-19(2)13-23-9-8-21(19)17(20)10-14-6-5-7-16(23)18(14)21/h5-7,15,17H,4,8-11,13H2,1-3H3/t15?,17-,19?,20?,21?/m0/s1. The second-order valence-electron chi connectivity index (χ2n) is 9.02. The largest absolute Gasteiger partial charge is 0.371 e. The number of anilines is 1. The van der Waals surface area contributed by atoms with E-state index in [-0.39, 0.29) is 16.7 Å². The molecule has 6 rings (SSSR count). The molecule has 120 valence electrons. The van der Waals surface area contributed by atoms with Gasteiger partial charge in [0.05, 0.1) is 12.0 Å². The lowest BCUT2D eigenvalue weighted by Crippen LogP contribution is -2.68. The molecule has 0 N–H and O–H groups in total. The Labute approximate surface area is 139 Å². The fraction of sp³-hybridized carbons (Fsp3) is 0.667. The zero-order valence-electron chi connectivity index (χ0n) is 14.5. The second-order valence-corrected chi connectivity index (χ2v) is 9.02. The van der Waals surface area contributed by atoms with Crippen molar-refractivity contribution in [2.45, 2.75) is 51.9 Å². The smallest absolute Gasteiger partial charge is 0.0661 e. The van der Waals surface area contributed by atoms with E-state index in [9.17, 15) is 5.26 Å². The second kappa shape index (κ2) is 3.94. The Balaban J connectivity index is 1.83. The third-order valence-electron chi connectivity index (χ3n) is 8.49. The van der Waals surface area contributed by atoms with Gasteiger partial charge in [-0.2, -0.15) is 5.26 Å². The van der Waals surface area contributed by atoms with Crippen molar-refractivity contribution in [3.05, 3.63) is 29.3 Å². The topological polar surface area (TPSA) is 27.0 Å². The van der Waals surface area contributed by atoms with E-state index >= 15 is 0 Å². The normalized spacial score (nSPS) is 45.7. The number of hydrogen-bond donors (Lipinski definition) is 0. The summed E-state index contributed by atoms with van der Waals surface area (Å²) >= 11 is 0. The van der Waals surface area contributed by atoms with E-state index in [0.29, 0.717) is 11.3 Å². The number of fused-ring (bicyclic) bond motifs is 1. The minimum absolute atomic E-state index is 0.157. The van der Waals surface area contributed by atoms with E-state index in [1.807, 2.05) is 0 Å². The van der Waals surface area contributed by atoms with Crippen LogP contribution in [0.1, 0.15) is 51.2 Å². The van der Waals surface area contributed by atoms with Crippen LogP contribution >= 0.6 is 0 Å². The van der Waals surface area contributed by atoms with Crippen LogP contribution in [0.15, 0.2) is 18.2 Å². The van der Waals surface area contributed by atoms with Crippen molar-refractivity contribution in [1.29, 1.82) is 5.26 Å². The maximum absolute atomic E-state index is 9.94. The van der Waals surface area contributed by atoms with Crippen molar-refractivity contribution >= 4 is 5.69 Å². The van der Waals surface area contributed by atoms with Crippen molar-refractivity contribution < 1.29 is 0 Å². The summed E-state index contributed by atoms with van der Waals surface area (Å²) in [6.07, 6.45) is 4.69. The third kappa shape index (κ3) is 1.27. The van der Waals surface area contributed by atoms with Crippen LogP contribution in [0.3, 0.4) is 0 Å². The van der Waals surface area contributed by atoms with Gasteiger partial charge in [0, 0.05) is 24.2 Å². The van der Waals surface area contributed by atoms with Gasteiger partial charge in [0.1, 0.15) is 0 Å². The Bertz CT molecular complexity index is 747. The summed E-state index contributed by atoms with van der Waals surface area (Å²) in [5, 5.41) is 9.94. The first-order valence-electron chi connectivity index (χ1n) is 9.27. The van der Waals surface area contributed by atoms with Crippen LogP contribution in [0.4, 0.5) is 5.69 Å². The summed E-state index contributed by atoms with van der Waals surface area (Å²) in [4.78, 5) is 2.62. The monoisotopic (exact) mass is 306 g/mol. The molecule has 3 aliphatic heterocycles. The summed E-state index contributed by atoms with van der Waals surface area (Å²) in [5.74, 6) is 0.841. The molecule has 0 aromatic heterocycles. The van der Waals surface area contributed by atoms with E-state index in [1.165, 1.54) is 25.1 Å². The molecule has 0 amide bonds. The van der Waals surface area contributed by atoms with Gasteiger partial charge in [-0.25, -0.2) is 0 Å². The molecular weight excluding hydrogens is 280 g/mol. The van der Waals surface area contributed by atoms with Gasteiger partial charge in [-0.05, 0) is 59.6 Å². The van der Waals surface area contributed by atoms with Crippen molar-refractivity contribution in [3.8, 4) is 6.07 Å². The van der Waals surface area contributed by atoms with Gasteiger partial charge in [0.2, 0.25) is 0 Å². The van der Waals surface area contributed by atoms with Crippen LogP contribution in [-0.2, 0) is 11.8 Å². The SMILES string of the molecule is CCC1(C)C(C#N)CC2(C)CN3CCC24c2c(cccc23)C[C@@H]14. The van der Waals surface area contributed by atoms with Crippen LogP contribution in [-0.4, -0.2) is 13.1 Å². The molecule has 4 unspecified atom stereocenters. The molecule has 5 aliphatic rings. The molecular formula is C21H26N2. The first kappa shape index (κ1) is 13.9. The molecule has 2 heteroatoms. The zero-order chi connectivity index (χ0) is 16.0. The average molecular weight is 306 g/mol. The molecule has 2 bridgehead atoms. The highest BCUT2D eigenvalue weighted by Crippen LogP contribution is 2.73. The molecule has 23 heavy (non-hydrogen) atoms. The van der Waals surface area contributed by atoms with Crippen molar-refractivity contribution in [2.75, 3.05) is 18.0 Å². The fourth-order valence-corrected chi connectivity index (χ4v) is 7.24. The number of benzene rings is 1. The lowest BCUT2D eigenvalue weighted by Gasteiger charge is -2.68. The zero-order valence-corrected chi connectivity index (χ0v) is 14.5. The van der Waals surface area contributed by atoms with Crippen molar-refractivity contribution in [2.24, 2.45) is 22.7 Å². The van der Waals surface area contributed by atoms with E-state index in [1.54, 1.807) is 11.1 Å². The van der Waals surface area contributed by atoms with Crippen LogP contribution in [0.2, 0.25) is 0 Å². The van der Waals surface area contributed by atoms with Crippen LogP contribution in [0, 0.1) is 34.0 Å². The Hall–Kier alpha value is -1.49. The summed E-state index contributed by atoms with van der Waals surface area (Å²) < 4.78 is 0. The molecule has 3 heterocycles. The van der Waals surface area contributed by atoms with E-state index in [4.69, 9.17) is 0 Å². The minimum Gasteiger partial charge on any atom is -0.371 e. The van der Waals surface area contributed by atoms with Crippen molar-refractivity contribution in [1.82, 2.24) is 0 Å². The predicted octanol–water partition coefficient (Wildman–Crippen LogP) is 4.29. The minimum atomic E-state index is 0.157. The van der Waals surface area contributed by atoms with Gasteiger partial charge in [0.15, 0.2) is 0 Å². The summed E-state index contributed by atoms with van der Waals surface area (Å²) in [5.41, 5.74) is 5.53. The van der Waals surface area contributed by atoms with Gasteiger partial charge in [-0.3, -0.25) is 0 Å². The Morgan fingerprint density at radius 1 is 1.35 bits per heavy atom. The highest BCUT2D eigenvalue weighted by molar-refractivity contribution is 5.69. The first-order valence-corrected chi connectivity index (χ1v) is 9.27. The Morgan fingerprint density at radius 3 is 2.91 bits per heavy atom. The Kier molecular flexibility index (Phi) is 2.38. The molecule has 1 saturated carbocycles. The van der Waals surface area contributed by atoms with Gasteiger partial charge >= 0.3 is 0 Å². The van der Waals surface area contributed by atoms with Crippen LogP contribution in [0.25, 0.3) is 0 Å². The number of nitriles is 1. The number of hydrogen-bond acceptors (Lipinski definition) is 2. The van der Waals surface area contributed by atoms with E-state index < -0.39 is 0 Å². The lowest BCUT2D eigenvalue weighted by atomic mass is 9.39. The molecule has 0 radical (unpaired) electrons. The van der Waals surface area contributed by atoms with Gasteiger partial charge in [-0.1, -0.05) is 32.9 Å². The lowest BCUT2D eigenvalue weighted by molar-refractivity contribution is -0.0984. The highest BCUT2D eigenvalue weighted by Gasteiger charge is 2.71. The third-order valence-corrected chi connectivity index (χ3v) is 8.49. The first-order chi connectivity index (χ1) is 11.0. The molecule has 2 fully saturated rings. The number of nitrogens with zero attached hydrogens (tertiary/aromatic N) is 2. The molecule has 2 aliphatic carbocycles. The van der Waals surface area contributed by atoms with Crippen LogP contribution in [0.5, 0.6) is 0 Å². The molecule has 2 nitrogen and oxygen atoms in total. The molecule has 1 aromatic carbocycles. The molecule has 1 aromatic rings. The fourth-order valence-electron chi connectivity index (χ4n) is 7.24. The summed E-state index contributed by atoms with van der Waals surface area (Å²) in [7, 11) is 0. The molecule has 1 spiro atoms. The van der Waals surface area contributed by atoms with Crippen LogP contribution < -0.4 is 4.90 Å². The predicted molar refractivity (Wildman–Crippen MR) is 92.4 cm³/mol. The Morgan fingerprint density at radius 2 is 2.17 bits per heavy atom. The maximum atomic E-state index is 9.94. The molecule has 5 atom stereocenters. The summed E-state index contributed by atoms with van der Waals surface area (Å²) in [6.45, 7) is 9.59. The van der Waals surface area contributed by atoms with Gasteiger partial charge in [0.25, 0.3) is 0 Å². The highest BCUT2D eigenvalue weighted by atomic mass is 15.2. The number of piperidine rings is 1. The van der Waals surface area contributed by atoms with Crippen molar-refractivity contribution in [3.63, 3.8) is 0 Å². The van der Waals surface area contributed by atoms with E-state index in [2.05, 4.69) is 49.9 Å².